The van der Waals surface area contributed by atoms with Gasteiger partial charge in [0.2, 0.25) is 0 Å². The Morgan fingerprint density at radius 1 is 1.47 bits per heavy atom. The van der Waals surface area contributed by atoms with Gasteiger partial charge in [-0.3, -0.25) is 4.79 Å². The Bertz CT molecular complexity index is 434. The molecule has 1 aromatic rings. The molecule has 1 aromatic carbocycles. The highest BCUT2D eigenvalue weighted by Crippen LogP contribution is 2.41. The number of thioether (sulfide) groups is 1. The van der Waals surface area contributed by atoms with Crippen molar-refractivity contribution >= 4 is 17.7 Å². The number of rotatable bonds is 3. The van der Waals surface area contributed by atoms with Crippen LogP contribution in [0.5, 0.6) is 0 Å². The van der Waals surface area contributed by atoms with Gasteiger partial charge in [-0.15, -0.1) is 11.8 Å². The third-order valence-electron chi connectivity index (χ3n) is 3.47. The Balaban J connectivity index is 2.29. The van der Waals surface area contributed by atoms with Crippen molar-refractivity contribution in [1.82, 2.24) is 0 Å². The van der Waals surface area contributed by atoms with Crippen molar-refractivity contribution < 1.29 is 9.90 Å². The lowest BCUT2D eigenvalue weighted by atomic mass is 9.91. The van der Waals surface area contributed by atoms with Crippen LogP contribution in [0.25, 0.3) is 0 Å². The first kappa shape index (κ1) is 12.5. The maximum absolute atomic E-state index is 11.5. The van der Waals surface area contributed by atoms with Crippen LogP contribution in [0.2, 0.25) is 0 Å². The van der Waals surface area contributed by atoms with Crippen LogP contribution in [0.1, 0.15) is 29.5 Å². The minimum absolute atomic E-state index is 0.585. The predicted molar refractivity (Wildman–Crippen MR) is 71.7 cm³/mol. The van der Waals surface area contributed by atoms with E-state index < -0.39 is 10.7 Å². The molecule has 0 radical (unpaired) electrons. The van der Waals surface area contributed by atoms with Crippen molar-refractivity contribution in [2.45, 2.75) is 37.9 Å². The van der Waals surface area contributed by atoms with Gasteiger partial charge in [-0.05, 0) is 50.0 Å². The number of carboxylic acids is 1. The summed E-state index contributed by atoms with van der Waals surface area (Å²) in [6, 6.07) is 6.28. The molecule has 1 N–H and O–H groups in total. The average Bonchev–Trinajstić information content (AvgIpc) is 2.73. The first-order valence-electron chi connectivity index (χ1n) is 5.97. The van der Waals surface area contributed by atoms with Crippen molar-refractivity contribution in [3.05, 3.63) is 34.9 Å². The molecule has 1 fully saturated rings. The molecule has 0 aliphatic carbocycles. The summed E-state index contributed by atoms with van der Waals surface area (Å²) >= 11 is 1.61. The van der Waals surface area contributed by atoms with E-state index >= 15 is 0 Å². The van der Waals surface area contributed by atoms with Gasteiger partial charge in [0, 0.05) is 0 Å². The summed E-state index contributed by atoms with van der Waals surface area (Å²) in [4.78, 5) is 11.5. The molecule has 1 heterocycles. The highest BCUT2D eigenvalue weighted by atomic mass is 32.2. The lowest BCUT2D eigenvalue weighted by Gasteiger charge is -2.24. The van der Waals surface area contributed by atoms with Gasteiger partial charge in [0.1, 0.15) is 4.75 Å². The number of benzene rings is 1. The molecule has 17 heavy (non-hydrogen) atoms. The van der Waals surface area contributed by atoms with Crippen LogP contribution >= 0.6 is 11.8 Å². The SMILES string of the molecule is Cc1ccc(C)c(CC2(C(=O)O)CCCS2)c1. The number of carboxylic acid groups (broad SMARTS) is 1. The molecule has 1 aliphatic heterocycles. The van der Waals surface area contributed by atoms with Crippen molar-refractivity contribution in [3.8, 4) is 0 Å². The molecule has 3 heteroatoms. The van der Waals surface area contributed by atoms with Crippen molar-refractivity contribution in [2.24, 2.45) is 0 Å². The molecule has 1 saturated heterocycles. The van der Waals surface area contributed by atoms with E-state index in [2.05, 4.69) is 32.0 Å². The number of carbonyl (C=O) groups is 1. The summed E-state index contributed by atoms with van der Waals surface area (Å²) in [6.07, 6.45) is 2.46. The average molecular weight is 250 g/mol. The lowest BCUT2D eigenvalue weighted by Crippen LogP contribution is -2.35. The summed E-state index contributed by atoms with van der Waals surface area (Å²) in [5.74, 6) is 0.317. The van der Waals surface area contributed by atoms with E-state index in [-0.39, 0.29) is 0 Å². The number of aryl methyl sites for hydroxylation is 2. The van der Waals surface area contributed by atoms with Crippen LogP contribution in [0, 0.1) is 13.8 Å². The minimum atomic E-state index is -0.652. The number of aliphatic carboxylic acids is 1. The standard InChI is InChI=1S/C14H18O2S/c1-10-4-5-11(2)12(8-10)9-14(13(15)16)6-3-7-17-14/h4-5,8H,3,6-7,9H2,1-2H3,(H,15,16). The molecule has 0 saturated carbocycles. The van der Waals surface area contributed by atoms with Gasteiger partial charge < -0.3 is 5.11 Å². The Labute approximate surface area is 106 Å². The summed E-state index contributed by atoms with van der Waals surface area (Å²) in [7, 11) is 0. The van der Waals surface area contributed by atoms with Gasteiger partial charge in [-0.2, -0.15) is 0 Å². The third-order valence-corrected chi connectivity index (χ3v) is 5.04. The Morgan fingerprint density at radius 2 is 2.24 bits per heavy atom. The fourth-order valence-electron chi connectivity index (χ4n) is 2.38. The second-order valence-corrected chi connectivity index (χ2v) is 6.34. The summed E-state index contributed by atoms with van der Waals surface area (Å²) in [5, 5.41) is 9.46. The lowest BCUT2D eigenvalue weighted by molar-refractivity contribution is -0.139. The maximum atomic E-state index is 11.5. The van der Waals surface area contributed by atoms with Gasteiger partial charge >= 0.3 is 5.97 Å². The largest absolute Gasteiger partial charge is 0.480 e. The van der Waals surface area contributed by atoms with Gasteiger partial charge in [-0.1, -0.05) is 23.8 Å². The number of hydrogen-bond acceptors (Lipinski definition) is 2. The molecule has 2 rings (SSSR count). The minimum Gasteiger partial charge on any atom is -0.480 e. The van der Waals surface area contributed by atoms with E-state index in [1.807, 2.05) is 0 Å². The second kappa shape index (κ2) is 4.73. The molecule has 0 spiro atoms. The fourth-order valence-corrected chi connectivity index (χ4v) is 3.73. The summed E-state index contributed by atoms with van der Waals surface area (Å²) < 4.78 is -0.585. The predicted octanol–water partition coefficient (Wildman–Crippen LogP) is 3.20. The van der Waals surface area contributed by atoms with Crippen LogP contribution < -0.4 is 0 Å². The molecule has 1 atom stereocenters. The molecule has 0 aromatic heterocycles. The molecule has 92 valence electrons. The van der Waals surface area contributed by atoms with E-state index in [9.17, 15) is 9.90 Å². The van der Waals surface area contributed by atoms with E-state index in [1.165, 1.54) is 16.7 Å². The highest BCUT2D eigenvalue weighted by molar-refractivity contribution is 8.01. The molecule has 0 bridgehead atoms. The van der Waals surface area contributed by atoms with Crippen LogP contribution in [0.4, 0.5) is 0 Å². The zero-order valence-corrected chi connectivity index (χ0v) is 11.1. The van der Waals surface area contributed by atoms with Crippen molar-refractivity contribution in [1.29, 1.82) is 0 Å². The van der Waals surface area contributed by atoms with Gasteiger partial charge in [0.05, 0.1) is 0 Å². The van der Waals surface area contributed by atoms with E-state index in [4.69, 9.17) is 0 Å². The molecular weight excluding hydrogens is 232 g/mol. The fraction of sp³-hybridized carbons (Fsp3) is 0.500. The quantitative estimate of drug-likeness (QED) is 0.895. The van der Waals surface area contributed by atoms with Gasteiger partial charge in [0.25, 0.3) is 0 Å². The number of hydrogen-bond donors (Lipinski definition) is 1. The van der Waals surface area contributed by atoms with Crippen LogP contribution in [-0.4, -0.2) is 21.6 Å². The molecular formula is C14H18O2S. The zero-order valence-electron chi connectivity index (χ0n) is 10.3. The van der Waals surface area contributed by atoms with Crippen molar-refractivity contribution in [3.63, 3.8) is 0 Å². The summed E-state index contributed by atoms with van der Waals surface area (Å²) in [6.45, 7) is 4.11. The van der Waals surface area contributed by atoms with Crippen LogP contribution in [-0.2, 0) is 11.2 Å². The molecule has 2 nitrogen and oxygen atoms in total. The first-order chi connectivity index (χ1) is 8.03. The van der Waals surface area contributed by atoms with Crippen LogP contribution in [0.3, 0.4) is 0 Å². The second-order valence-electron chi connectivity index (χ2n) is 4.86. The van der Waals surface area contributed by atoms with E-state index in [0.29, 0.717) is 6.42 Å². The normalized spacial score (nSPS) is 23.9. The van der Waals surface area contributed by atoms with E-state index in [1.54, 1.807) is 11.8 Å². The zero-order chi connectivity index (χ0) is 12.5. The van der Waals surface area contributed by atoms with E-state index in [0.717, 1.165) is 18.6 Å². The Kier molecular flexibility index (Phi) is 3.48. The maximum Gasteiger partial charge on any atom is 0.320 e. The molecule has 1 unspecified atom stereocenters. The third kappa shape index (κ3) is 2.49. The smallest absolute Gasteiger partial charge is 0.320 e. The topological polar surface area (TPSA) is 37.3 Å². The highest BCUT2D eigenvalue weighted by Gasteiger charge is 2.42. The van der Waals surface area contributed by atoms with Crippen molar-refractivity contribution in [2.75, 3.05) is 5.75 Å². The monoisotopic (exact) mass is 250 g/mol. The Morgan fingerprint density at radius 3 is 2.82 bits per heavy atom. The molecule has 1 aliphatic rings. The van der Waals surface area contributed by atoms with Gasteiger partial charge in [0.15, 0.2) is 0 Å². The first-order valence-corrected chi connectivity index (χ1v) is 6.95. The van der Waals surface area contributed by atoms with Gasteiger partial charge in [-0.25, -0.2) is 0 Å². The summed E-state index contributed by atoms with van der Waals surface area (Å²) in [5.41, 5.74) is 3.58. The van der Waals surface area contributed by atoms with Crippen LogP contribution in [0.15, 0.2) is 18.2 Å². The molecule has 0 amide bonds. The Hall–Kier alpha value is -0.960.